The van der Waals surface area contributed by atoms with Gasteiger partial charge in [0.25, 0.3) is 5.91 Å². The second-order valence-electron chi connectivity index (χ2n) is 6.02. The highest BCUT2D eigenvalue weighted by molar-refractivity contribution is 9.10. The Kier molecular flexibility index (Phi) is 5.29. The van der Waals surface area contributed by atoms with Gasteiger partial charge in [0, 0.05) is 16.9 Å². The van der Waals surface area contributed by atoms with Crippen molar-refractivity contribution in [2.75, 3.05) is 0 Å². The topological polar surface area (TPSA) is 42.0 Å². The molecule has 1 atom stereocenters. The van der Waals surface area contributed by atoms with Crippen LogP contribution in [0, 0.1) is 13.8 Å². The standard InChI is InChI=1S/C21H19BrN2O/c1-14-9-10-16(12-15(14)2)20(17-6-5-11-23-13-17)24-21(25)18-7-3-4-8-19(18)22/h3-13,20H,1-2H3,(H,24,25)/t20-/m0/s1. The molecule has 0 bridgehead atoms. The van der Waals surface area contributed by atoms with E-state index in [9.17, 15) is 4.79 Å². The van der Waals surface area contributed by atoms with Gasteiger partial charge in [-0.3, -0.25) is 9.78 Å². The molecule has 25 heavy (non-hydrogen) atoms. The van der Waals surface area contributed by atoms with Gasteiger partial charge in [0.2, 0.25) is 0 Å². The third-order valence-electron chi connectivity index (χ3n) is 4.28. The van der Waals surface area contributed by atoms with Gasteiger partial charge >= 0.3 is 0 Å². The summed E-state index contributed by atoms with van der Waals surface area (Å²) in [5.41, 5.74) is 5.02. The molecule has 1 N–H and O–H groups in total. The molecule has 0 aliphatic carbocycles. The Bertz CT molecular complexity index is 893. The Hall–Kier alpha value is -2.46. The Morgan fingerprint density at radius 2 is 1.80 bits per heavy atom. The monoisotopic (exact) mass is 394 g/mol. The number of rotatable bonds is 4. The van der Waals surface area contributed by atoms with Crippen LogP contribution in [0.25, 0.3) is 0 Å². The molecule has 0 spiro atoms. The van der Waals surface area contributed by atoms with Gasteiger partial charge in [-0.15, -0.1) is 0 Å². The summed E-state index contributed by atoms with van der Waals surface area (Å²) in [6.45, 7) is 4.16. The van der Waals surface area contributed by atoms with Gasteiger partial charge in [0.05, 0.1) is 11.6 Å². The number of nitrogens with one attached hydrogen (secondary N) is 1. The van der Waals surface area contributed by atoms with E-state index in [0.29, 0.717) is 5.56 Å². The number of carbonyl (C=O) groups is 1. The van der Waals surface area contributed by atoms with Gasteiger partial charge in [-0.25, -0.2) is 0 Å². The summed E-state index contributed by atoms with van der Waals surface area (Å²) >= 11 is 3.45. The Labute approximate surface area is 156 Å². The maximum atomic E-state index is 12.8. The highest BCUT2D eigenvalue weighted by atomic mass is 79.9. The third kappa shape index (κ3) is 3.97. The van der Waals surface area contributed by atoms with Crippen molar-refractivity contribution in [3.8, 4) is 0 Å². The van der Waals surface area contributed by atoms with Crippen molar-refractivity contribution in [3.05, 3.63) is 99.3 Å². The zero-order valence-corrected chi connectivity index (χ0v) is 15.7. The molecule has 0 aliphatic rings. The Morgan fingerprint density at radius 3 is 2.48 bits per heavy atom. The van der Waals surface area contributed by atoms with E-state index in [-0.39, 0.29) is 11.9 Å². The Balaban J connectivity index is 1.99. The average Bonchev–Trinajstić information content (AvgIpc) is 2.63. The molecule has 3 nitrogen and oxygen atoms in total. The molecule has 1 amide bonds. The zero-order valence-electron chi connectivity index (χ0n) is 14.2. The van der Waals surface area contributed by atoms with Crippen LogP contribution in [0.5, 0.6) is 0 Å². The molecule has 0 saturated heterocycles. The van der Waals surface area contributed by atoms with Crippen molar-refractivity contribution in [2.45, 2.75) is 19.9 Å². The van der Waals surface area contributed by atoms with Crippen LogP contribution in [0.15, 0.2) is 71.5 Å². The zero-order chi connectivity index (χ0) is 17.8. The molecule has 126 valence electrons. The fourth-order valence-electron chi connectivity index (χ4n) is 2.70. The van der Waals surface area contributed by atoms with E-state index >= 15 is 0 Å². The van der Waals surface area contributed by atoms with Crippen LogP contribution in [0.3, 0.4) is 0 Å². The number of aryl methyl sites for hydroxylation is 2. The number of halogens is 1. The first-order chi connectivity index (χ1) is 12.1. The molecule has 1 aromatic heterocycles. The number of hydrogen-bond donors (Lipinski definition) is 1. The maximum Gasteiger partial charge on any atom is 0.253 e. The normalized spacial score (nSPS) is 11.8. The lowest BCUT2D eigenvalue weighted by molar-refractivity contribution is 0.0942. The second-order valence-corrected chi connectivity index (χ2v) is 6.87. The lowest BCUT2D eigenvalue weighted by atomic mass is 9.96. The van der Waals surface area contributed by atoms with Gasteiger partial charge in [0.15, 0.2) is 0 Å². The quantitative estimate of drug-likeness (QED) is 0.677. The van der Waals surface area contributed by atoms with Crippen LogP contribution in [0.1, 0.15) is 38.7 Å². The molecule has 3 rings (SSSR count). The number of hydrogen-bond acceptors (Lipinski definition) is 2. The number of carbonyl (C=O) groups excluding carboxylic acids is 1. The minimum Gasteiger partial charge on any atom is -0.341 e. The van der Waals surface area contributed by atoms with Crippen LogP contribution in [-0.4, -0.2) is 10.9 Å². The van der Waals surface area contributed by atoms with E-state index in [2.05, 4.69) is 58.3 Å². The van der Waals surface area contributed by atoms with Gasteiger partial charge in [-0.2, -0.15) is 0 Å². The summed E-state index contributed by atoms with van der Waals surface area (Å²) in [4.78, 5) is 17.0. The molecular formula is C21H19BrN2O. The van der Waals surface area contributed by atoms with Gasteiger partial charge in [-0.05, 0) is 70.2 Å². The van der Waals surface area contributed by atoms with Crippen molar-refractivity contribution in [3.63, 3.8) is 0 Å². The SMILES string of the molecule is Cc1ccc([C@H](NC(=O)c2ccccc2Br)c2cccnc2)cc1C. The fourth-order valence-corrected chi connectivity index (χ4v) is 3.17. The molecule has 0 fully saturated rings. The molecule has 0 unspecified atom stereocenters. The fraction of sp³-hybridized carbons (Fsp3) is 0.143. The van der Waals surface area contributed by atoms with Crippen molar-refractivity contribution >= 4 is 21.8 Å². The van der Waals surface area contributed by atoms with Crippen LogP contribution >= 0.6 is 15.9 Å². The summed E-state index contributed by atoms with van der Waals surface area (Å²) in [5.74, 6) is -0.125. The smallest absolute Gasteiger partial charge is 0.253 e. The lowest BCUT2D eigenvalue weighted by Crippen LogP contribution is -2.29. The minimum atomic E-state index is -0.257. The molecular weight excluding hydrogens is 376 g/mol. The molecule has 4 heteroatoms. The van der Waals surface area contributed by atoms with E-state index in [0.717, 1.165) is 15.6 Å². The van der Waals surface area contributed by atoms with Gasteiger partial charge < -0.3 is 5.32 Å². The predicted molar refractivity (Wildman–Crippen MR) is 104 cm³/mol. The number of aromatic nitrogens is 1. The number of pyridine rings is 1. The molecule has 2 aromatic carbocycles. The van der Waals surface area contributed by atoms with Crippen molar-refractivity contribution in [2.24, 2.45) is 0 Å². The molecule has 0 saturated carbocycles. The highest BCUT2D eigenvalue weighted by Crippen LogP contribution is 2.25. The first-order valence-corrected chi connectivity index (χ1v) is 8.88. The Morgan fingerprint density at radius 1 is 1.00 bits per heavy atom. The van der Waals surface area contributed by atoms with Crippen molar-refractivity contribution < 1.29 is 4.79 Å². The lowest BCUT2D eigenvalue weighted by Gasteiger charge is -2.21. The minimum absolute atomic E-state index is 0.125. The third-order valence-corrected chi connectivity index (χ3v) is 4.97. The highest BCUT2D eigenvalue weighted by Gasteiger charge is 2.19. The van der Waals surface area contributed by atoms with E-state index in [1.807, 2.05) is 30.3 Å². The van der Waals surface area contributed by atoms with Crippen molar-refractivity contribution in [1.82, 2.24) is 10.3 Å². The average molecular weight is 395 g/mol. The van der Waals surface area contributed by atoms with Crippen LogP contribution < -0.4 is 5.32 Å². The van der Waals surface area contributed by atoms with E-state index in [1.165, 1.54) is 11.1 Å². The van der Waals surface area contributed by atoms with Crippen LogP contribution in [0.4, 0.5) is 0 Å². The van der Waals surface area contributed by atoms with E-state index < -0.39 is 0 Å². The number of amides is 1. The molecule has 3 aromatic rings. The number of nitrogens with zero attached hydrogens (tertiary/aromatic N) is 1. The molecule has 1 heterocycles. The summed E-state index contributed by atoms with van der Waals surface area (Å²) in [5, 5.41) is 3.14. The van der Waals surface area contributed by atoms with Gasteiger partial charge in [0.1, 0.15) is 0 Å². The van der Waals surface area contributed by atoms with Crippen LogP contribution in [0.2, 0.25) is 0 Å². The first-order valence-electron chi connectivity index (χ1n) is 8.08. The second kappa shape index (κ2) is 7.62. The van der Waals surface area contributed by atoms with E-state index in [4.69, 9.17) is 0 Å². The maximum absolute atomic E-state index is 12.8. The first kappa shape index (κ1) is 17.4. The molecule has 0 radical (unpaired) electrons. The summed E-state index contributed by atoms with van der Waals surface area (Å²) in [6.07, 6.45) is 3.52. The predicted octanol–water partition coefficient (Wildman–Crippen LogP) is 4.98. The van der Waals surface area contributed by atoms with Crippen LogP contribution in [-0.2, 0) is 0 Å². The molecule has 0 aliphatic heterocycles. The van der Waals surface area contributed by atoms with Crippen molar-refractivity contribution in [1.29, 1.82) is 0 Å². The summed E-state index contributed by atoms with van der Waals surface area (Å²) < 4.78 is 0.775. The number of benzene rings is 2. The van der Waals surface area contributed by atoms with E-state index in [1.54, 1.807) is 18.5 Å². The largest absolute Gasteiger partial charge is 0.341 e. The summed E-state index contributed by atoms with van der Waals surface area (Å²) in [7, 11) is 0. The van der Waals surface area contributed by atoms with Gasteiger partial charge in [-0.1, -0.05) is 36.4 Å². The summed E-state index contributed by atoms with van der Waals surface area (Å²) in [6, 6.07) is 17.3.